The predicted octanol–water partition coefficient (Wildman–Crippen LogP) is 7.54. The van der Waals surface area contributed by atoms with Crippen molar-refractivity contribution in [2.24, 2.45) is 0 Å². The van der Waals surface area contributed by atoms with Crippen molar-refractivity contribution in [1.29, 1.82) is 0 Å². The SMILES string of the molecule is CCOC(=O)c1cc(Oc2cc(F)c(SN(Cc3ccc(OC)cc3OC)c3ncns3)cc2F)cc(C(F)(F)F)c1. The Bertz CT molecular complexity index is 1550. The summed E-state index contributed by atoms with van der Waals surface area (Å²) in [6.07, 6.45) is -3.53. The van der Waals surface area contributed by atoms with Gasteiger partial charge in [-0.25, -0.2) is 18.6 Å². The molecule has 1 heterocycles. The standard InChI is InChI=1S/C27H22F5N3O5S2/c1-4-39-25(36)16-7-17(27(30,31)32)9-19(8-16)40-23-11-21(29)24(12-20(23)28)42-35(26-33-14-34-41-26)13-15-5-6-18(37-2)10-22(15)38-3/h5-12,14H,4,13H2,1-3H3. The lowest BCUT2D eigenvalue weighted by Gasteiger charge is -2.22. The first-order valence-corrected chi connectivity index (χ1v) is 13.6. The molecule has 0 radical (unpaired) electrons. The summed E-state index contributed by atoms with van der Waals surface area (Å²) in [6, 6.07) is 8.79. The van der Waals surface area contributed by atoms with Crippen LogP contribution in [0.3, 0.4) is 0 Å². The minimum Gasteiger partial charge on any atom is -0.497 e. The van der Waals surface area contributed by atoms with E-state index in [4.69, 9.17) is 18.9 Å². The van der Waals surface area contributed by atoms with Crippen LogP contribution in [-0.2, 0) is 17.5 Å². The molecule has 42 heavy (non-hydrogen) atoms. The number of ether oxygens (including phenoxy) is 4. The summed E-state index contributed by atoms with van der Waals surface area (Å²) in [5.41, 5.74) is -1.00. The monoisotopic (exact) mass is 627 g/mol. The lowest BCUT2D eigenvalue weighted by atomic mass is 10.1. The molecule has 0 amide bonds. The number of rotatable bonds is 11. The zero-order chi connectivity index (χ0) is 30.4. The average molecular weight is 628 g/mol. The summed E-state index contributed by atoms with van der Waals surface area (Å²) in [5, 5.41) is 0.383. The number of nitrogens with zero attached hydrogens (tertiary/aromatic N) is 3. The van der Waals surface area contributed by atoms with Gasteiger partial charge in [-0.15, -0.1) is 0 Å². The van der Waals surface area contributed by atoms with Crippen molar-refractivity contribution < 1.29 is 45.7 Å². The number of benzene rings is 3. The molecule has 0 aliphatic carbocycles. The van der Waals surface area contributed by atoms with E-state index in [0.29, 0.717) is 40.4 Å². The minimum atomic E-state index is -4.84. The summed E-state index contributed by atoms with van der Waals surface area (Å²) in [4.78, 5) is 16.1. The Hall–Kier alpha value is -4.11. The largest absolute Gasteiger partial charge is 0.497 e. The second-order valence-electron chi connectivity index (χ2n) is 8.31. The molecule has 8 nitrogen and oxygen atoms in total. The van der Waals surface area contributed by atoms with E-state index in [1.54, 1.807) is 22.5 Å². The van der Waals surface area contributed by atoms with Gasteiger partial charge in [0.2, 0.25) is 5.13 Å². The Morgan fingerprint density at radius 3 is 2.40 bits per heavy atom. The second-order valence-corrected chi connectivity index (χ2v) is 10.1. The quantitative estimate of drug-likeness (QED) is 0.0952. The van der Waals surface area contributed by atoms with Crippen molar-refractivity contribution in [3.05, 3.63) is 83.2 Å². The van der Waals surface area contributed by atoms with Crippen LogP contribution in [0, 0.1) is 11.6 Å². The Morgan fingerprint density at radius 2 is 1.76 bits per heavy atom. The predicted molar refractivity (Wildman–Crippen MR) is 145 cm³/mol. The van der Waals surface area contributed by atoms with Gasteiger partial charge in [-0.05, 0) is 55.3 Å². The van der Waals surface area contributed by atoms with Crippen LogP contribution in [0.15, 0.2) is 59.8 Å². The van der Waals surface area contributed by atoms with Crippen molar-refractivity contribution in [2.45, 2.75) is 24.5 Å². The van der Waals surface area contributed by atoms with E-state index in [2.05, 4.69) is 9.36 Å². The van der Waals surface area contributed by atoms with E-state index in [0.717, 1.165) is 35.6 Å². The number of methoxy groups -OCH3 is 2. The van der Waals surface area contributed by atoms with E-state index < -0.39 is 46.4 Å². The number of hydrogen-bond acceptors (Lipinski definition) is 10. The van der Waals surface area contributed by atoms with Gasteiger partial charge >= 0.3 is 12.1 Å². The third-order valence-corrected chi connectivity index (χ3v) is 7.38. The van der Waals surface area contributed by atoms with E-state index in [1.807, 2.05) is 0 Å². The number of aromatic nitrogens is 2. The first kappa shape index (κ1) is 30.8. The Labute approximate surface area is 245 Å². The number of carbonyl (C=O) groups is 1. The molecule has 0 bridgehead atoms. The van der Waals surface area contributed by atoms with Crippen LogP contribution in [-0.4, -0.2) is 36.2 Å². The Balaban J connectivity index is 1.63. The number of alkyl halides is 3. The average Bonchev–Trinajstić information content (AvgIpc) is 3.50. The van der Waals surface area contributed by atoms with Gasteiger partial charge in [-0.3, -0.25) is 4.31 Å². The number of esters is 1. The molecule has 0 saturated carbocycles. The molecule has 0 fully saturated rings. The van der Waals surface area contributed by atoms with Crippen LogP contribution in [0.5, 0.6) is 23.0 Å². The molecule has 0 spiro atoms. The molecule has 4 aromatic rings. The number of carbonyl (C=O) groups excluding carboxylic acids is 1. The summed E-state index contributed by atoms with van der Waals surface area (Å²) in [6.45, 7) is 1.55. The van der Waals surface area contributed by atoms with Gasteiger partial charge in [-0.2, -0.15) is 17.5 Å². The van der Waals surface area contributed by atoms with Gasteiger partial charge in [-0.1, -0.05) is 0 Å². The normalized spacial score (nSPS) is 11.2. The van der Waals surface area contributed by atoms with Gasteiger partial charge in [0.25, 0.3) is 0 Å². The molecule has 222 valence electrons. The van der Waals surface area contributed by atoms with Crippen LogP contribution in [0.2, 0.25) is 0 Å². The lowest BCUT2D eigenvalue weighted by molar-refractivity contribution is -0.137. The lowest BCUT2D eigenvalue weighted by Crippen LogP contribution is -2.15. The summed E-state index contributed by atoms with van der Waals surface area (Å²) in [7, 11) is 2.99. The topological polar surface area (TPSA) is 83.0 Å². The molecule has 4 rings (SSSR count). The maximum absolute atomic E-state index is 15.3. The zero-order valence-corrected chi connectivity index (χ0v) is 23.8. The van der Waals surface area contributed by atoms with Crippen LogP contribution in [0.1, 0.15) is 28.4 Å². The van der Waals surface area contributed by atoms with Crippen molar-refractivity contribution >= 4 is 34.6 Å². The molecule has 3 aromatic carbocycles. The maximum Gasteiger partial charge on any atom is 0.416 e. The molecule has 15 heteroatoms. The summed E-state index contributed by atoms with van der Waals surface area (Å²) >= 11 is 1.84. The fraction of sp³-hybridized carbons (Fsp3) is 0.222. The van der Waals surface area contributed by atoms with E-state index in [1.165, 1.54) is 27.5 Å². The fourth-order valence-electron chi connectivity index (χ4n) is 3.61. The maximum atomic E-state index is 15.3. The van der Waals surface area contributed by atoms with Gasteiger partial charge in [0.15, 0.2) is 11.6 Å². The fourth-order valence-corrected chi connectivity index (χ4v) is 5.13. The van der Waals surface area contributed by atoms with E-state index in [9.17, 15) is 18.0 Å². The Morgan fingerprint density at radius 1 is 0.976 bits per heavy atom. The molecule has 0 aliphatic heterocycles. The van der Waals surface area contributed by atoms with Crippen molar-refractivity contribution in [3.63, 3.8) is 0 Å². The minimum absolute atomic E-state index is 0.0798. The second kappa shape index (κ2) is 13.2. The smallest absolute Gasteiger partial charge is 0.416 e. The van der Waals surface area contributed by atoms with E-state index in [-0.39, 0.29) is 18.0 Å². The summed E-state index contributed by atoms with van der Waals surface area (Å²) in [5.74, 6) is -3.19. The molecule has 0 unspecified atom stereocenters. The van der Waals surface area contributed by atoms with Crippen LogP contribution >= 0.6 is 23.5 Å². The van der Waals surface area contributed by atoms with Gasteiger partial charge < -0.3 is 18.9 Å². The molecular formula is C27H22F5N3O5S2. The van der Waals surface area contributed by atoms with Crippen molar-refractivity contribution in [3.8, 4) is 23.0 Å². The van der Waals surface area contributed by atoms with Crippen LogP contribution < -0.4 is 18.5 Å². The highest BCUT2D eigenvalue weighted by Crippen LogP contribution is 2.39. The van der Waals surface area contributed by atoms with Crippen molar-refractivity contribution in [1.82, 2.24) is 9.36 Å². The first-order valence-electron chi connectivity index (χ1n) is 12.0. The van der Waals surface area contributed by atoms with E-state index >= 15 is 8.78 Å². The molecule has 0 aliphatic rings. The number of anilines is 1. The van der Waals surface area contributed by atoms with Gasteiger partial charge in [0, 0.05) is 29.2 Å². The Kier molecular flexibility index (Phi) is 9.73. The zero-order valence-electron chi connectivity index (χ0n) is 22.2. The molecular weight excluding hydrogens is 605 g/mol. The van der Waals surface area contributed by atoms with Gasteiger partial charge in [0.1, 0.15) is 29.4 Å². The highest BCUT2D eigenvalue weighted by Gasteiger charge is 2.32. The summed E-state index contributed by atoms with van der Waals surface area (Å²) < 4.78 is 97.0. The van der Waals surface area contributed by atoms with Gasteiger partial charge in [0.05, 0.1) is 43.4 Å². The van der Waals surface area contributed by atoms with Crippen LogP contribution in [0.4, 0.5) is 27.1 Å². The third-order valence-electron chi connectivity index (χ3n) is 5.54. The first-order chi connectivity index (χ1) is 20.0. The van der Waals surface area contributed by atoms with Crippen molar-refractivity contribution in [2.75, 3.05) is 25.1 Å². The highest BCUT2D eigenvalue weighted by atomic mass is 32.2. The highest BCUT2D eigenvalue weighted by molar-refractivity contribution is 8.00. The third kappa shape index (κ3) is 7.39. The van der Waals surface area contributed by atoms with Crippen LogP contribution in [0.25, 0.3) is 0 Å². The number of halogens is 5. The molecule has 1 aromatic heterocycles. The number of hydrogen-bond donors (Lipinski definition) is 0. The molecule has 0 saturated heterocycles. The molecule has 0 N–H and O–H groups in total. The molecule has 0 atom stereocenters.